The Labute approximate surface area is 377 Å². The van der Waals surface area contributed by atoms with Gasteiger partial charge in [-0.25, -0.2) is 19.4 Å². The number of amides is 4. The second-order valence-electron chi connectivity index (χ2n) is 15.5. The van der Waals surface area contributed by atoms with Crippen molar-refractivity contribution >= 4 is 46.7 Å². The summed E-state index contributed by atoms with van der Waals surface area (Å²) in [5.74, 6) is -0.867. The first-order valence-electron chi connectivity index (χ1n) is 21.1. The Kier molecular flexibility index (Phi) is 19.9. The summed E-state index contributed by atoms with van der Waals surface area (Å²) in [5.41, 5.74) is 4.92. The van der Waals surface area contributed by atoms with E-state index in [0.29, 0.717) is 64.3 Å². The molecule has 4 N–H and O–H groups in total. The van der Waals surface area contributed by atoms with Gasteiger partial charge in [-0.1, -0.05) is 74.5 Å². The summed E-state index contributed by atoms with van der Waals surface area (Å²) in [5, 5.41) is 20.8. The summed E-state index contributed by atoms with van der Waals surface area (Å²) >= 11 is 3.02. The van der Waals surface area contributed by atoms with Crippen LogP contribution in [0.1, 0.15) is 76.1 Å². The quantitative estimate of drug-likeness (QED) is 0.0645. The van der Waals surface area contributed by atoms with Crippen LogP contribution in [0.5, 0.6) is 0 Å². The zero-order chi connectivity index (χ0) is 44.8. The first-order valence-corrected chi connectivity index (χ1v) is 22.9. The molecule has 3 aromatic heterocycles. The summed E-state index contributed by atoms with van der Waals surface area (Å²) < 4.78 is 11.1. The molecule has 4 amide bonds. The van der Waals surface area contributed by atoms with Gasteiger partial charge >= 0.3 is 18.1 Å². The molecule has 0 bridgehead atoms. The molecule has 0 radical (unpaired) electrons. The van der Waals surface area contributed by atoms with Crippen molar-refractivity contribution in [1.29, 1.82) is 0 Å². The minimum absolute atomic E-state index is 0.150. The minimum Gasteiger partial charge on any atom is -0.478 e. The minimum atomic E-state index is -0.942. The van der Waals surface area contributed by atoms with Crippen LogP contribution in [0.15, 0.2) is 102 Å². The lowest BCUT2D eigenvalue weighted by molar-refractivity contribution is -0.124. The van der Waals surface area contributed by atoms with Gasteiger partial charge in [0.25, 0.3) is 0 Å². The van der Waals surface area contributed by atoms with Gasteiger partial charge in [0.1, 0.15) is 12.6 Å². The van der Waals surface area contributed by atoms with E-state index in [9.17, 15) is 19.2 Å². The lowest BCUT2D eigenvalue weighted by Crippen LogP contribution is -2.54. The third kappa shape index (κ3) is 17.5. The van der Waals surface area contributed by atoms with E-state index < -0.39 is 18.1 Å². The van der Waals surface area contributed by atoms with Gasteiger partial charge < -0.3 is 35.4 Å². The number of carbonyl (C=O) groups is 4. The van der Waals surface area contributed by atoms with Crippen molar-refractivity contribution < 1.29 is 33.8 Å². The van der Waals surface area contributed by atoms with Crippen LogP contribution < -0.4 is 16.0 Å². The van der Waals surface area contributed by atoms with Crippen molar-refractivity contribution in [3.63, 3.8) is 0 Å². The van der Waals surface area contributed by atoms with Gasteiger partial charge in [0.05, 0.1) is 46.4 Å². The number of nitrogens with zero attached hydrogens (tertiary/aromatic N) is 5. The van der Waals surface area contributed by atoms with Crippen molar-refractivity contribution in [2.24, 2.45) is 0 Å². The molecule has 5 aromatic rings. The topological polar surface area (TPSA) is 188 Å². The van der Waals surface area contributed by atoms with Crippen LogP contribution in [-0.2, 0) is 40.3 Å². The Bertz CT molecular complexity index is 2100. The number of alkyl carbamates (subject to hydrolysis) is 1. The second-order valence-corrected chi connectivity index (χ2v) is 17.4. The maximum absolute atomic E-state index is 14.2. The number of nitrogens with one attached hydrogen (secondary N) is 3. The van der Waals surface area contributed by atoms with Crippen molar-refractivity contribution in [2.45, 2.75) is 83.1 Å². The number of carboxylic acid groups (broad SMARTS) is 1. The summed E-state index contributed by atoms with van der Waals surface area (Å²) in [6.07, 6.45) is 6.84. The van der Waals surface area contributed by atoms with E-state index in [0.717, 1.165) is 39.8 Å². The van der Waals surface area contributed by atoms with Crippen LogP contribution in [-0.4, -0.2) is 112 Å². The number of aromatic nitrogens is 3. The lowest BCUT2D eigenvalue weighted by atomic mass is 9.95. The Balaban J connectivity index is 0.000000738. The summed E-state index contributed by atoms with van der Waals surface area (Å²) in [6.45, 7) is 8.19. The van der Waals surface area contributed by atoms with Gasteiger partial charge in [0, 0.05) is 68.7 Å². The highest BCUT2D eigenvalue weighted by molar-refractivity contribution is 7.09. The van der Waals surface area contributed by atoms with E-state index in [1.807, 2.05) is 66.0 Å². The molecule has 63 heavy (non-hydrogen) atoms. The number of pyridine rings is 1. The third-order valence-electron chi connectivity index (χ3n) is 10.2. The molecule has 1 fully saturated rings. The first-order chi connectivity index (χ1) is 30.5. The second kappa shape index (κ2) is 26.0. The summed E-state index contributed by atoms with van der Waals surface area (Å²) in [6, 6.07) is 21.5. The van der Waals surface area contributed by atoms with Crippen molar-refractivity contribution in [3.8, 4) is 0 Å². The number of thiazole rings is 2. The van der Waals surface area contributed by atoms with Crippen LogP contribution in [0.4, 0.5) is 9.59 Å². The van der Waals surface area contributed by atoms with Crippen molar-refractivity contribution in [2.75, 3.05) is 39.9 Å². The average Bonchev–Trinajstić information content (AvgIpc) is 4.01. The molecule has 1 saturated heterocycles. The molecule has 1 aliphatic heterocycles. The molecule has 0 saturated carbocycles. The van der Waals surface area contributed by atoms with Crippen LogP contribution in [0.2, 0.25) is 0 Å². The van der Waals surface area contributed by atoms with Crippen LogP contribution in [0.3, 0.4) is 0 Å². The highest BCUT2D eigenvalue weighted by atomic mass is 32.1. The molecular weight excluding hydrogens is 841 g/mol. The third-order valence-corrected chi connectivity index (χ3v) is 12.1. The van der Waals surface area contributed by atoms with Gasteiger partial charge in [0.15, 0.2) is 0 Å². The monoisotopic (exact) mass is 898 g/mol. The average molecular weight is 899 g/mol. The molecule has 1 aliphatic rings. The molecule has 0 aliphatic carbocycles. The summed E-state index contributed by atoms with van der Waals surface area (Å²) in [4.78, 5) is 68.0. The van der Waals surface area contributed by atoms with E-state index in [4.69, 9.17) is 14.6 Å². The van der Waals surface area contributed by atoms with Crippen LogP contribution in [0.25, 0.3) is 0 Å². The molecule has 4 heterocycles. The van der Waals surface area contributed by atoms with E-state index in [1.165, 1.54) is 29.8 Å². The predicted molar refractivity (Wildman–Crippen MR) is 244 cm³/mol. The number of ether oxygens (including phenoxy) is 2. The zero-order valence-corrected chi connectivity index (χ0v) is 37.7. The van der Waals surface area contributed by atoms with Crippen molar-refractivity contribution in [1.82, 2.24) is 40.7 Å². The smallest absolute Gasteiger partial charge is 0.407 e. The first kappa shape index (κ1) is 48.3. The highest BCUT2D eigenvalue weighted by Crippen LogP contribution is 2.20. The van der Waals surface area contributed by atoms with Gasteiger partial charge in [0.2, 0.25) is 5.91 Å². The van der Waals surface area contributed by atoms with Gasteiger partial charge in [-0.3, -0.25) is 19.7 Å². The molecule has 2 aromatic carbocycles. The molecular formula is C46H58N8O7S2. The standard InChI is InChI=1S/C40H53N7O5S2.C6H5NO2/c1-29(2)38-43-34(27-53-38)25-46(3)39(49)45-36(16-17-47-18-20-51-21-19-47)37(48)42-32(22-30-10-6-4-7-11-30)14-15-33(23-31-12-8-5-9-13-31)44-40(50)52-26-35-24-41-28-54-35;8-6(9)5-2-1-3-7-4-5/h4-13,24,27-29,32-33,36H,14-23,25-26H2,1-3H3,(H,42,48)(H,44,50)(H,45,49);1-4H,(H,8,9). The fraction of sp³-hybridized carbons (Fsp3) is 0.413. The molecule has 15 nitrogen and oxygen atoms in total. The fourth-order valence-corrected chi connectivity index (χ4v) is 8.07. The Morgan fingerprint density at radius 1 is 0.841 bits per heavy atom. The van der Waals surface area contributed by atoms with E-state index in [-0.39, 0.29) is 36.2 Å². The number of urea groups is 1. The molecule has 6 rings (SSSR count). The molecule has 336 valence electrons. The molecule has 17 heteroatoms. The molecule has 3 atom stereocenters. The number of morpholine rings is 1. The van der Waals surface area contributed by atoms with Gasteiger partial charge in [-0.05, 0) is 55.4 Å². The maximum Gasteiger partial charge on any atom is 0.407 e. The fourth-order valence-electron chi connectivity index (χ4n) is 6.74. The van der Waals surface area contributed by atoms with Crippen LogP contribution in [0, 0.1) is 0 Å². The number of rotatable bonds is 20. The Hall–Kier alpha value is -5.75. The normalized spacial score (nSPS) is 14.0. The number of aromatic carboxylic acids is 1. The number of carbonyl (C=O) groups excluding carboxylic acids is 3. The highest BCUT2D eigenvalue weighted by Gasteiger charge is 2.27. The molecule has 0 spiro atoms. The van der Waals surface area contributed by atoms with Gasteiger partial charge in [-0.2, -0.15) is 0 Å². The van der Waals surface area contributed by atoms with E-state index in [2.05, 4.69) is 49.6 Å². The SMILES string of the molecule is CC(C)c1nc(CN(C)C(=O)NC(CCN2CCOCC2)C(=O)NC(CCC(Cc2ccccc2)NC(=O)OCc2cncs2)Cc2ccccc2)cs1.O=C(O)c1cccnc1. The molecule has 3 unspecified atom stereocenters. The lowest BCUT2D eigenvalue weighted by Gasteiger charge is -2.30. The zero-order valence-electron chi connectivity index (χ0n) is 36.1. The van der Waals surface area contributed by atoms with Crippen LogP contribution >= 0.6 is 22.7 Å². The number of benzene rings is 2. The van der Waals surface area contributed by atoms with Crippen molar-refractivity contribution in [3.05, 3.63) is 135 Å². The largest absolute Gasteiger partial charge is 0.478 e. The Morgan fingerprint density at radius 3 is 2.06 bits per heavy atom. The summed E-state index contributed by atoms with van der Waals surface area (Å²) in [7, 11) is 1.72. The Morgan fingerprint density at radius 2 is 1.51 bits per heavy atom. The van der Waals surface area contributed by atoms with E-state index >= 15 is 0 Å². The van der Waals surface area contributed by atoms with E-state index in [1.54, 1.807) is 41.1 Å². The number of hydrogen-bond acceptors (Lipinski definition) is 12. The number of carboxylic acids is 1. The van der Waals surface area contributed by atoms with Gasteiger partial charge in [-0.15, -0.1) is 22.7 Å². The number of hydrogen-bond donors (Lipinski definition) is 4. The maximum atomic E-state index is 14.2. The predicted octanol–water partition coefficient (Wildman–Crippen LogP) is 6.78.